The highest BCUT2D eigenvalue weighted by Gasteiger charge is 2.45. The Hall–Kier alpha value is -3.03. The van der Waals surface area contributed by atoms with Crippen molar-refractivity contribution in [3.05, 3.63) is 93.4 Å². The summed E-state index contributed by atoms with van der Waals surface area (Å²) in [5, 5.41) is 13.0. The highest BCUT2D eigenvalue weighted by atomic mass is 35.5. The van der Waals surface area contributed by atoms with Crippen LogP contribution in [0.25, 0.3) is 0 Å². The van der Waals surface area contributed by atoms with Gasteiger partial charge < -0.3 is 5.11 Å². The normalized spacial score (nSPS) is 16.7. The number of carbonyl (C=O) groups is 2. The van der Waals surface area contributed by atoms with Crippen LogP contribution in [-0.2, 0) is 4.79 Å². The summed E-state index contributed by atoms with van der Waals surface area (Å²) in [5.74, 6) is -2.35. The molecule has 8 heteroatoms. The van der Waals surface area contributed by atoms with E-state index in [1.165, 1.54) is 58.8 Å². The molecule has 1 atom stereocenters. The van der Waals surface area contributed by atoms with Crippen LogP contribution in [0.1, 0.15) is 22.0 Å². The molecule has 2 aromatic carbocycles. The highest BCUT2D eigenvalue weighted by molar-refractivity contribution is 7.13. The first kappa shape index (κ1) is 18.3. The van der Waals surface area contributed by atoms with Crippen LogP contribution < -0.4 is 4.90 Å². The smallest absolute Gasteiger partial charge is 0.296 e. The zero-order valence-electron chi connectivity index (χ0n) is 14.2. The van der Waals surface area contributed by atoms with Crippen molar-refractivity contribution in [2.24, 2.45) is 0 Å². The number of hydrogen-bond acceptors (Lipinski definition) is 5. The number of rotatable bonds is 4. The van der Waals surface area contributed by atoms with E-state index in [0.717, 1.165) is 0 Å². The molecular formula is C20H12ClFN2O3S. The van der Waals surface area contributed by atoms with Gasteiger partial charge in [-0.2, -0.15) is 0 Å². The fraction of sp³-hybridized carbons (Fsp3) is 0.0500. The number of carbonyl (C=O) groups excluding carboxylic acids is 2. The van der Waals surface area contributed by atoms with E-state index in [9.17, 15) is 19.1 Å². The van der Waals surface area contributed by atoms with Crippen LogP contribution in [0.15, 0.2) is 71.4 Å². The number of Topliss-reactive ketones (excluding diaryl/α,β-unsaturated/α-hetero) is 1. The third-order valence-electron chi connectivity index (χ3n) is 4.37. The van der Waals surface area contributed by atoms with Crippen molar-refractivity contribution >= 4 is 39.8 Å². The number of benzene rings is 2. The first-order chi connectivity index (χ1) is 13.5. The number of anilines is 1. The Bertz CT molecular complexity index is 1080. The van der Waals surface area contributed by atoms with E-state index in [1.54, 1.807) is 17.5 Å². The lowest BCUT2D eigenvalue weighted by atomic mass is 9.93. The van der Waals surface area contributed by atoms with Gasteiger partial charge in [-0.3, -0.25) is 14.5 Å². The number of ketones is 1. The van der Waals surface area contributed by atoms with Gasteiger partial charge >= 0.3 is 0 Å². The summed E-state index contributed by atoms with van der Waals surface area (Å²) in [5.41, 5.74) is 0.660. The van der Waals surface area contributed by atoms with Crippen LogP contribution in [0.2, 0.25) is 5.02 Å². The second kappa shape index (κ2) is 7.18. The molecule has 0 saturated carbocycles. The fourth-order valence-corrected chi connectivity index (χ4v) is 3.88. The lowest BCUT2D eigenvalue weighted by molar-refractivity contribution is -0.117. The standard InChI is InChI=1S/C20H12ClFN2O3S/c21-13-5-1-12(2-6-13)17(25)15-16(11-3-7-14(22)8-4-11)24(19(27)18(15)26)20-23-9-10-28-20/h1-10,16,26H. The first-order valence-corrected chi connectivity index (χ1v) is 9.45. The Labute approximate surface area is 168 Å². The molecule has 28 heavy (non-hydrogen) atoms. The van der Waals surface area contributed by atoms with Gasteiger partial charge in [-0.05, 0) is 42.0 Å². The third kappa shape index (κ3) is 3.08. The molecule has 4 rings (SSSR count). The van der Waals surface area contributed by atoms with Crippen molar-refractivity contribution in [3.63, 3.8) is 0 Å². The monoisotopic (exact) mass is 414 g/mol. The van der Waals surface area contributed by atoms with Crippen LogP contribution in [0, 0.1) is 5.82 Å². The molecule has 2 heterocycles. The average Bonchev–Trinajstić information content (AvgIpc) is 3.30. The average molecular weight is 415 g/mol. The molecule has 1 amide bonds. The van der Waals surface area contributed by atoms with E-state index in [0.29, 0.717) is 15.7 Å². The number of aromatic nitrogens is 1. The molecule has 0 radical (unpaired) electrons. The van der Waals surface area contributed by atoms with E-state index in [2.05, 4.69) is 4.98 Å². The molecule has 0 saturated heterocycles. The summed E-state index contributed by atoms with van der Waals surface area (Å²) in [7, 11) is 0. The maximum atomic E-state index is 13.4. The van der Waals surface area contributed by atoms with E-state index in [4.69, 9.17) is 11.6 Å². The second-order valence-corrected chi connectivity index (χ2v) is 7.35. The molecule has 140 valence electrons. The Balaban J connectivity index is 1.86. The van der Waals surface area contributed by atoms with Crippen LogP contribution in [0.4, 0.5) is 9.52 Å². The van der Waals surface area contributed by atoms with Crippen molar-refractivity contribution in [3.8, 4) is 0 Å². The van der Waals surface area contributed by atoms with Crippen LogP contribution in [-0.4, -0.2) is 21.8 Å². The van der Waals surface area contributed by atoms with Crippen molar-refractivity contribution < 1.29 is 19.1 Å². The number of aliphatic hydroxyl groups is 1. The molecule has 1 aromatic heterocycles. The maximum Gasteiger partial charge on any atom is 0.296 e. The number of nitrogens with zero attached hydrogens (tertiary/aromatic N) is 2. The second-order valence-electron chi connectivity index (χ2n) is 6.04. The zero-order valence-corrected chi connectivity index (χ0v) is 15.7. The zero-order chi connectivity index (χ0) is 19.8. The van der Waals surface area contributed by atoms with Crippen molar-refractivity contribution in [1.29, 1.82) is 0 Å². The minimum atomic E-state index is -0.928. The molecule has 0 bridgehead atoms. The molecule has 3 aromatic rings. The third-order valence-corrected chi connectivity index (χ3v) is 5.39. The van der Waals surface area contributed by atoms with E-state index < -0.39 is 29.3 Å². The molecule has 0 spiro atoms. The molecule has 1 aliphatic rings. The number of thiazole rings is 1. The number of aliphatic hydroxyl groups excluding tert-OH is 1. The Morgan fingerprint density at radius 3 is 2.43 bits per heavy atom. The van der Waals surface area contributed by atoms with Gasteiger partial charge in [0.1, 0.15) is 5.82 Å². The SMILES string of the molecule is O=C(C1=C(O)C(=O)N(c2nccs2)C1c1ccc(F)cc1)c1ccc(Cl)cc1. The van der Waals surface area contributed by atoms with Gasteiger partial charge in [-0.1, -0.05) is 23.7 Å². The Morgan fingerprint density at radius 1 is 1.14 bits per heavy atom. The quantitative estimate of drug-likeness (QED) is 0.627. The Kier molecular flexibility index (Phi) is 4.70. The van der Waals surface area contributed by atoms with E-state index in [1.807, 2.05) is 0 Å². The molecule has 1 N–H and O–H groups in total. The van der Waals surface area contributed by atoms with Gasteiger partial charge in [0, 0.05) is 22.2 Å². The fourth-order valence-electron chi connectivity index (χ4n) is 3.09. The van der Waals surface area contributed by atoms with Gasteiger partial charge in [-0.25, -0.2) is 9.37 Å². The minimum absolute atomic E-state index is 0.0888. The Morgan fingerprint density at radius 2 is 1.82 bits per heavy atom. The molecule has 5 nitrogen and oxygen atoms in total. The molecule has 0 fully saturated rings. The molecule has 1 unspecified atom stereocenters. The maximum absolute atomic E-state index is 13.4. The van der Waals surface area contributed by atoms with E-state index in [-0.39, 0.29) is 11.1 Å². The molecular weight excluding hydrogens is 403 g/mol. The highest BCUT2D eigenvalue weighted by Crippen LogP contribution is 2.42. The summed E-state index contributed by atoms with van der Waals surface area (Å²) in [6, 6.07) is 10.6. The van der Waals surface area contributed by atoms with Crippen molar-refractivity contribution in [1.82, 2.24) is 4.98 Å². The van der Waals surface area contributed by atoms with Crippen LogP contribution >= 0.6 is 22.9 Å². The number of halogens is 2. The summed E-state index contributed by atoms with van der Waals surface area (Å²) in [6.45, 7) is 0. The molecule has 1 aliphatic heterocycles. The van der Waals surface area contributed by atoms with Gasteiger partial charge in [0.05, 0.1) is 11.6 Å². The largest absolute Gasteiger partial charge is 0.503 e. The summed E-state index contributed by atoms with van der Waals surface area (Å²) >= 11 is 7.07. The van der Waals surface area contributed by atoms with E-state index >= 15 is 0 Å². The lowest BCUT2D eigenvalue weighted by Crippen LogP contribution is -2.30. The van der Waals surface area contributed by atoms with Crippen LogP contribution in [0.5, 0.6) is 0 Å². The van der Waals surface area contributed by atoms with Gasteiger partial charge in [0.15, 0.2) is 16.7 Å². The minimum Gasteiger partial charge on any atom is -0.503 e. The van der Waals surface area contributed by atoms with Gasteiger partial charge in [0.25, 0.3) is 5.91 Å². The van der Waals surface area contributed by atoms with Gasteiger partial charge in [0.2, 0.25) is 0 Å². The summed E-state index contributed by atoms with van der Waals surface area (Å²) in [6.07, 6.45) is 1.52. The van der Waals surface area contributed by atoms with Crippen molar-refractivity contribution in [2.45, 2.75) is 6.04 Å². The number of hydrogen-bond donors (Lipinski definition) is 1. The van der Waals surface area contributed by atoms with Gasteiger partial charge in [-0.15, -0.1) is 11.3 Å². The predicted molar refractivity (Wildman–Crippen MR) is 104 cm³/mol. The summed E-state index contributed by atoms with van der Waals surface area (Å²) in [4.78, 5) is 31.3. The topological polar surface area (TPSA) is 70.5 Å². The lowest BCUT2D eigenvalue weighted by Gasteiger charge is -2.24. The number of amides is 1. The van der Waals surface area contributed by atoms with Crippen molar-refractivity contribution in [2.75, 3.05) is 4.90 Å². The van der Waals surface area contributed by atoms with Crippen LogP contribution in [0.3, 0.4) is 0 Å². The predicted octanol–water partition coefficient (Wildman–Crippen LogP) is 4.72. The first-order valence-electron chi connectivity index (χ1n) is 8.19. The molecule has 0 aliphatic carbocycles. The summed E-state index contributed by atoms with van der Waals surface area (Å²) < 4.78 is 13.4.